The fraction of sp³-hybridized carbons (Fsp3) is 0.467. The molecular formula is C15H19ClN2O3. The number of hydrogen-bond acceptors (Lipinski definition) is 3. The van der Waals surface area contributed by atoms with Gasteiger partial charge in [0.05, 0.1) is 0 Å². The van der Waals surface area contributed by atoms with Crippen molar-refractivity contribution in [2.24, 2.45) is 0 Å². The van der Waals surface area contributed by atoms with Gasteiger partial charge < -0.3 is 15.0 Å². The maximum absolute atomic E-state index is 12.5. The molecule has 2 amide bonds. The number of amides is 2. The molecule has 0 aromatic heterocycles. The average Bonchev–Trinajstić information content (AvgIpc) is 2.47. The summed E-state index contributed by atoms with van der Waals surface area (Å²) in [6.07, 6.45) is -0.578. The third kappa shape index (κ3) is 3.36. The van der Waals surface area contributed by atoms with Crippen LogP contribution >= 0.6 is 11.6 Å². The highest BCUT2D eigenvalue weighted by atomic mass is 35.5. The van der Waals surface area contributed by atoms with Crippen molar-refractivity contribution in [1.29, 1.82) is 0 Å². The van der Waals surface area contributed by atoms with E-state index >= 15 is 0 Å². The Kier molecular flexibility index (Phi) is 5.20. The van der Waals surface area contributed by atoms with Crippen LogP contribution < -0.4 is 5.32 Å². The van der Waals surface area contributed by atoms with E-state index < -0.39 is 12.1 Å². The highest BCUT2D eigenvalue weighted by molar-refractivity contribution is 6.31. The minimum absolute atomic E-state index is 0.198. The van der Waals surface area contributed by atoms with Crippen molar-refractivity contribution in [3.05, 3.63) is 34.9 Å². The van der Waals surface area contributed by atoms with E-state index in [1.165, 1.54) is 0 Å². The molecule has 21 heavy (non-hydrogen) atoms. The van der Waals surface area contributed by atoms with Crippen molar-refractivity contribution in [3.8, 4) is 0 Å². The molecule has 6 heteroatoms. The van der Waals surface area contributed by atoms with Gasteiger partial charge in [0.1, 0.15) is 12.1 Å². The fourth-order valence-corrected chi connectivity index (χ4v) is 2.70. The summed E-state index contributed by atoms with van der Waals surface area (Å²) >= 11 is 6.18. The molecule has 114 valence electrons. The Morgan fingerprint density at radius 3 is 2.90 bits per heavy atom. The number of rotatable bonds is 4. The average molecular weight is 311 g/mol. The first-order chi connectivity index (χ1) is 10.1. The van der Waals surface area contributed by atoms with Crippen molar-refractivity contribution in [3.63, 3.8) is 0 Å². The van der Waals surface area contributed by atoms with Gasteiger partial charge in [0.25, 0.3) is 5.91 Å². The summed E-state index contributed by atoms with van der Waals surface area (Å²) in [6.45, 7) is 4.85. The number of carbonyl (C=O) groups is 2. The van der Waals surface area contributed by atoms with E-state index in [-0.39, 0.29) is 11.8 Å². The first-order valence-corrected chi connectivity index (χ1v) is 7.38. The van der Waals surface area contributed by atoms with Gasteiger partial charge in [0, 0.05) is 30.3 Å². The molecule has 0 saturated carbocycles. The van der Waals surface area contributed by atoms with Gasteiger partial charge in [0.15, 0.2) is 0 Å². The Labute approximate surface area is 129 Å². The zero-order chi connectivity index (χ0) is 15.4. The zero-order valence-electron chi connectivity index (χ0n) is 12.1. The van der Waals surface area contributed by atoms with E-state index in [1.807, 2.05) is 6.92 Å². The van der Waals surface area contributed by atoms with Crippen LogP contribution in [0.4, 0.5) is 0 Å². The monoisotopic (exact) mass is 310 g/mol. The summed E-state index contributed by atoms with van der Waals surface area (Å²) < 4.78 is 5.35. The predicted octanol–water partition coefficient (Wildman–Crippen LogP) is 1.76. The maximum atomic E-state index is 12.5. The Morgan fingerprint density at radius 2 is 2.24 bits per heavy atom. The number of nitrogens with one attached hydrogen (secondary N) is 1. The van der Waals surface area contributed by atoms with Crippen LogP contribution in [0.2, 0.25) is 5.02 Å². The van der Waals surface area contributed by atoms with Crippen molar-refractivity contribution in [1.82, 2.24) is 10.2 Å². The van der Waals surface area contributed by atoms with Gasteiger partial charge in [0.2, 0.25) is 5.91 Å². The normalized spacial score (nSPS) is 20.0. The number of nitrogens with zero attached hydrogens (tertiary/aromatic N) is 1. The molecule has 1 N–H and O–H groups in total. The molecule has 0 radical (unpaired) electrons. The molecule has 1 heterocycles. The van der Waals surface area contributed by atoms with Crippen molar-refractivity contribution in [2.75, 3.05) is 19.7 Å². The summed E-state index contributed by atoms with van der Waals surface area (Å²) in [4.78, 5) is 26.3. The molecule has 1 aliphatic heterocycles. The summed E-state index contributed by atoms with van der Waals surface area (Å²) in [5, 5.41) is 3.25. The third-order valence-electron chi connectivity index (χ3n) is 3.46. The SMILES string of the molecule is CCO[C@@H](C)C(=O)N1CCNC(=O)[C@H]1c1ccccc1Cl. The lowest BCUT2D eigenvalue weighted by Gasteiger charge is -2.37. The summed E-state index contributed by atoms with van der Waals surface area (Å²) in [6, 6.07) is 6.37. The molecule has 0 spiro atoms. The van der Waals surface area contributed by atoms with Crippen LogP contribution in [-0.2, 0) is 14.3 Å². The van der Waals surface area contributed by atoms with Gasteiger partial charge in [-0.3, -0.25) is 9.59 Å². The molecule has 2 rings (SSSR count). The molecule has 1 saturated heterocycles. The second-order valence-corrected chi connectivity index (χ2v) is 5.25. The predicted molar refractivity (Wildman–Crippen MR) is 80.0 cm³/mol. The second kappa shape index (κ2) is 6.91. The first-order valence-electron chi connectivity index (χ1n) is 7.00. The van der Waals surface area contributed by atoms with Crippen molar-refractivity contribution < 1.29 is 14.3 Å². The number of ether oxygens (including phenoxy) is 1. The zero-order valence-corrected chi connectivity index (χ0v) is 12.9. The molecule has 1 aromatic carbocycles. The third-order valence-corrected chi connectivity index (χ3v) is 3.80. The van der Waals surface area contributed by atoms with Crippen LogP contribution in [0, 0.1) is 0 Å². The van der Waals surface area contributed by atoms with Gasteiger partial charge in [-0.25, -0.2) is 0 Å². The van der Waals surface area contributed by atoms with Gasteiger partial charge in [-0.15, -0.1) is 0 Å². The van der Waals surface area contributed by atoms with E-state index in [9.17, 15) is 9.59 Å². The summed E-state index contributed by atoms with van der Waals surface area (Å²) in [5.74, 6) is -0.414. The Hall–Kier alpha value is -1.59. The Morgan fingerprint density at radius 1 is 1.52 bits per heavy atom. The highest BCUT2D eigenvalue weighted by Crippen LogP contribution is 2.29. The van der Waals surface area contributed by atoms with Crippen LogP contribution in [0.5, 0.6) is 0 Å². The number of hydrogen-bond donors (Lipinski definition) is 1. The molecule has 1 aliphatic rings. The van der Waals surface area contributed by atoms with Gasteiger partial charge >= 0.3 is 0 Å². The molecule has 0 bridgehead atoms. The molecular weight excluding hydrogens is 292 g/mol. The van der Waals surface area contributed by atoms with E-state index in [0.29, 0.717) is 30.3 Å². The largest absolute Gasteiger partial charge is 0.369 e. The number of piperazine rings is 1. The molecule has 1 fully saturated rings. The number of halogens is 1. The Bertz CT molecular complexity index is 535. The van der Waals surface area contributed by atoms with Crippen LogP contribution in [-0.4, -0.2) is 42.5 Å². The van der Waals surface area contributed by atoms with Crippen molar-refractivity contribution in [2.45, 2.75) is 26.0 Å². The molecule has 0 unspecified atom stereocenters. The fourth-order valence-electron chi connectivity index (χ4n) is 2.47. The number of carbonyl (C=O) groups excluding carboxylic acids is 2. The summed E-state index contributed by atoms with van der Waals surface area (Å²) in [5.41, 5.74) is 0.633. The van der Waals surface area contributed by atoms with E-state index in [2.05, 4.69) is 5.32 Å². The van der Waals surface area contributed by atoms with Crippen LogP contribution in [0.1, 0.15) is 25.5 Å². The highest BCUT2D eigenvalue weighted by Gasteiger charge is 2.37. The molecule has 0 aliphatic carbocycles. The van der Waals surface area contributed by atoms with Crippen LogP contribution in [0.15, 0.2) is 24.3 Å². The van der Waals surface area contributed by atoms with E-state index in [1.54, 1.807) is 36.1 Å². The summed E-state index contributed by atoms with van der Waals surface area (Å²) in [7, 11) is 0. The number of benzene rings is 1. The first kappa shape index (κ1) is 15.8. The molecule has 5 nitrogen and oxygen atoms in total. The van der Waals surface area contributed by atoms with Gasteiger partial charge in [-0.2, -0.15) is 0 Å². The van der Waals surface area contributed by atoms with E-state index in [0.717, 1.165) is 0 Å². The van der Waals surface area contributed by atoms with E-state index in [4.69, 9.17) is 16.3 Å². The lowest BCUT2D eigenvalue weighted by molar-refractivity contribution is -0.151. The lowest BCUT2D eigenvalue weighted by atomic mass is 10.0. The molecule has 1 aromatic rings. The smallest absolute Gasteiger partial charge is 0.252 e. The van der Waals surface area contributed by atoms with Crippen LogP contribution in [0.3, 0.4) is 0 Å². The van der Waals surface area contributed by atoms with Gasteiger partial charge in [-0.05, 0) is 19.9 Å². The standard InChI is InChI=1S/C15H19ClN2O3/c1-3-21-10(2)15(20)18-9-8-17-14(19)13(18)11-6-4-5-7-12(11)16/h4-7,10,13H,3,8-9H2,1-2H3,(H,17,19)/t10-,13+/m0/s1. The molecule has 2 atom stereocenters. The minimum atomic E-state index is -0.706. The van der Waals surface area contributed by atoms with Crippen LogP contribution in [0.25, 0.3) is 0 Å². The van der Waals surface area contributed by atoms with Crippen molar-refractivity contribution >= 4 is 23.4 Å². The van der Waals surface area contributed by atoms with Gasteiger partial charge in [-0.1, -0.05) is 29.8 Å². The second-order valence-electron chi connectivity index (χ2n) is 4.84. The Balaban J connectivity index is 2.32. The quantitative estimate of drug-likeness (QED) is 0.922. The lowest BCUT2D eigenvalue weighted by Crippen LogP contribution is -2.54. The topological polar surface area (TPSA) is 58.6 Å². The maximum Gasteiger partial charge on any atom is 0.252 e. The minimum Gasteiger partial charge on any atom is -0.369 e.